The molecule has 1 aliphatic heterocycles. The Kier molecular flexibility index (Phi) is 4.96. The van der Waals surface area contributed by atoms with Gasteiger partial charge in [0.2, 0.25) is 5.91 Å². The molecular weight excluding hydrogens is 280 g/mol. The third-order valence-electron chi connectivity index (χ3n) is 4.97. The predicted octanol–water partition coefficient (Wildman–Crippen LogP) is 3.24. The number of aryl methyl sites for hydroxylation is 1. The van der Waals surface area contributed by atoms with Crippen molar-refractivity contribution in [1.29, 1.82) is 0 Å². The molecule has 1 saturated carbocycles. The van der Waals surface area contributed by atoms with Crippen molar-refractivity contribution in [1.82, 2.24) is 10.6 Å². The molecule has 4 heteroatoms. The third kappa shape index (κ3) is 3.67. The van der Waals surface area contributed by atoms with E-state index in [1.54, 1.807) is 11.3 Å². The first-order valence-electron chi connectivity index (χ1n) is 8.37. The molecule has 1 amide bonds. The lowest BCUT2D eigenvalue weighted by Gasteiger charge is -2.39. The quantitative estimate of drug-likeness (QED) is 0.896. The summed E-state index contributed by atoms with van der Waals surface area (Å²) >= 11 is 1.80. The van der Waals surface area contributed by atoms with E-state index in [1.807, 2.05) is 0 Å². The van der Waals surface area contributed by atoms with E-state index in [1.165, 1.54) is 41.9 Å². The molecule has 2 aliphatic rings. The highest BCUT2D eigenvalue weighted by Crippen LogP contribution is 2.32. The Morgan fingerprint density at radius 2 is 2.05 bits per heavy atom. The third-order valence-corrected chi connectivity index (χ3v) is 6.20. The summed E-state index contributed by atoms with van der Waals surface area (Å²) in [6.07, 6.45) is 8.58. The molecular formula is C17H26N2OS. The Labute approximate surface area is 131 Å². The Balaban J connectivity index is 1.49. The SMILES string of the molecule is CCc1ccc(CNC(=O)C2CCC3CCCCC3N2)s1. The summed E-state index contributed by atoms with van der Waals surface area (Å²) in [7, 11) is 0. The van der Waals surface area contributed by atoms with Gasteiger partial charge in [0.05, 0.1) is 12.6 Å². The Morgan fingerprint density at radius 1 is 1.24 bits per heavy atom. The van der Waals surface area contributed by atoms with Crippen molar-refractivity contribution in [2.24, 2.45) is 5.92 Å². The molecule has 0 radical (unpaired) electrons. The van der Waals surface area contributed by atoms with E-state index in [0.717, 1.165) is 18.8 Å². The van der Waals surface area contributed by atoms with E-state index in [-0.39, 0.29) is 11.9 Å². The van der Waals surface area contributed by atoms with E-state index in [0.29, 0.717) is 12.6 Å². The molecule has 3 unspecified atom stereocenters. The van der Waals surface area contributed by atoms with Crippen LogP contribution >= 0.6 is 11.3 Å². The normalized spacial score (nSPS) is 28.9. The van der Waals surface area contributed by atoms with Crippen molar-refractivity contribution in [2.45, 2.75) is 70.5 Å². The highest BCUT2D eigenvalue weighted by molar-refractivity contribution is 7.11. The number of carbonyl (C=O) groups excluding carboxylic acids is 1. The van der Waals surface area contributed by atoms with Gasteiger partial charge in [-0.25, -0.2) is 0 Å². The maximum atomic E-state index is 12.4. The van der Waals surface area contributed by atoms with Crippen LogP contribution in [0.15, 0.2) is 12.1 Å². The van der Waals surface area contributed by atoms with Crippen LogP contribution in [0.4, 0.5) is 0 Å². The van der Waals surface area contributed by atoms with Crippen LogP contribution in [0.2, 0.25) is 0 Å². The number of amides is 1. The van der Waals surface area contributed by atoms with Crippen LogP contribution in [-0.4, -0.2) is 18.0 Å². The summed E-state index contributed by atoms with van der Waals surface area (Å²) < 4.78 is 0. The van der Waals surface area contributed by atoms with E-state index < -0.39 is 0 Å². The van der Waals surface area contributed by atoms with Crippen LogP contribution < -0.4 is 10.6 Å². The van der Waals surface area contributed by atoms with Crippen LogP contribution in [-0.2, 0) is 17.8 Å². The zero-order valence-electron chi connectivity index (χ0n) is 12.9. The second kappa shape index (κ2) is 6.93. The molecule has 2 fully saturated rings. The van der Waals surface area contributed by atoms with Crippen LogP contribution in [0.5, 0.6) is 0 Å². The largest absolute Gasteiger partial charge is 0.350 e. The van der Waals surface area contributed by atoms with Gasteiger partial charge in [-0.2, -0.15) is 0 Å². The summed E-state index contributed by atoms with van der Waals surface area (Å²) in [5.41, 5.74) is 0. The van der Waals surface area contributed by atoms with Crippen molar-refractivity contribution in [3.05, 3.63) is 21.9 Å². The lowest BCUT2D eigenvalue weighted by molar-refractivity contribution is -0.124. The minimum Gasteiger partial charge on any atom is -0.350 e. The second-order valence-electron chi connectivity index (χ2n) is 6.39. The van der Waals surface area contributed by atoms with Crippen LogP contribution in [0.1, 0.15) is 55.2 Å². The van der Waals surface area contributed by atoms with Gasteiger partial charge in [-0.1, -0.05) is 19.8 Å². The highest BCUT2D eigenvalue weighted by Gasteiger charge is 2.34. The molecule has 2 N–H and O–H groups in total. The van der Waals surface area contributed by atoms with E-state index in [9.17, 15) is 4.79 Å². The molecule has 0 spiro atoms. The number of carbonyl (C=O) groups is 1. The fourth-order valence-corrected chi connectivity index (χ4v) is 4.60. The molecule has 3 rings (SSSR count). The van der Waals surface area contributed by atoms with E-state index in [2.05, 4.69) is 29.7 Å². The number of piperidine rings is 1. The summed E-state index contributed by atoms with van der Waals surface area (Å²) in [5.74, 6) is 0.998. The van der Waals surface area contributed by atoms with E-state index >= 15 is 0 Å². The Hall–Kier alpha value is -0.870. The van der Waals surface area contributed by atoms with Gasteiger partial charge < -0.3 is 10.6 Å². The maximum absolute atomic E-state index is 12.4. The topological polar surface area (TPSA) is 41.1 Å². The summed E-state index contributed by atoms with van der Waals surface area (Å²) in [6, 6.07) is 4.90. The van der Waals surface area contributed by atoms with E-state index in [4.69, 9.17) is 0 Å². The Bertz CT molecular complexity index is 485. The highest BCUT2D eigenvalue weighted by atomic mass is 32.1. The number of hydrogen-bond acceptors (Lipinski definition) is 3. The lowest BCUT2D eigenvalue weighted by Crippen LogP contribution is -2.54. The van der Waals surface area contributed by atoms with Crippen molar-refractivity contribution >= 4 is 17.2 Å². The van der Waals surface area contributed by atoms with Gasteiger partial charge in [0.15, 0.2) is 0 Å². The van der Waals surface area contributed by atoms with Crippen molar-refractivity contribution in [3.8, 4) is 0 Å². The average molecular weight is 306 g/mol. The minimum absolute atomic E-state index is 0.0231. The van der Waals surface area contributed by atoms with Crippen LogP contribution in [0.25, 0.3) is 0 Å². The standard InChI is InChI=1S/C17H26N2OS/c1-2-13-8-9-14(21-13)11-18-17(20)16-10-7-12-5-3-4-6-15(12)19-16/h8-9,12,15-16,19H,2-7,10-11H2,1H3,(H,18,20). The van der Waals surface area contributed by atoms with Crippen molar-refractivity contribution in [3.63, 3.8) is 0 Å². The number of fused-ring (bicyclic) bond motifs is 1. The molecule has 1 aromatic rings. The Morgan fingerprint density at radius 3 is 2.86 bits per heavy atom. The number of nitrogens with one attached hydrogen (secondary N) is 2. The molecule has 21 heavy (non-hydrogen) atoms. The molecule has 1 aromatic heterocycles. The summed E-state index contributed by atoms with van der Waals surface area (Å²) in [4.78, 5) is 15.0. The molecule has 3 nitrogen and oxygen atoms in total. The smallest absolute Gasteiger partial charge is 0.237 e. The maximum Gasteiger partial charge on any atom is 0.237 e. The average Bonchev–Trinajstić information content (AvgIpc) is 3.00. The van der Waals surface area contributed by atoms with Gasteiger partial charge in [-0.05, 0) is 50.2 Å². The van der Waals surface area contributed by atoms with Gasteiger partial charge in [0.1, 0.15) is 0 Å². The van der Waals surface area contributed by atoms with Gasteiger partial charge in [0, 0.05) is 15.8 Å². The molecule has 0 aromatic carbocycles. The first-order valence-corrected chi connectivity index (χ1v) is 9.19. The molecule has 1 aliphatic carbocycles. The monoisotopic (exact) mass is 306 g/mol. The molecule has 1 saturated heterocycles. The number of hydrogen-bond donors (Lipinski definition) is 2. The summed E-state index contributed by atoms with van der Waals surface area (Å²) in [6.45, 7) is 2.84. The first kappa shape index (κ1) is 15.0. The molecule has 116 valence electrons. The molecule has 3 atom stereocenters. The fraction of sp³-hybridized carbons (Fsp3) is 0.706. The van der Waals surface area contributed by atoms with Crippen LogP contribution in [0.3, 0.4) is 0 Å². The van der Waals surface area contributed by atoms with Crippen molar-refractivity contribution < 1.29 is 4.79 Å². The number of rotatable bonds is 4. The predicted molar refractivity (Wildman–Crippen MR) is 87.4 cm³/mol. The minimum atomic E-state index is 0.0231. The lowest BCUT2D eigenvalue weighted by atomic mass is 9.77. The fourth-order valence-electron chi connectivity index (χ4n) is 3.71. The molecule has 0 bridgehead atoms. The van der Waals surface area contributed by atoms with Crippen molar-refractivity contribution in [2.75, 3.05) is 0 Å². The molecule has 2 heterocycles. The first-order chi connectivity index (χ1) is 10.3. The van der Waals surface area contributed by atoms with Crippen LogP contribution in [0, 0.1) is 5.92 Å². The van der Waals surface area contributed by atoms with Gasteiger partial charge >= 0.3 is 0 Å². The van der Waals surface area contributed by atoms with Gasteiger partial charge in [0.25, 0.3) is 0 Å². The van der Waals surface area contributed by atoms with Gasteiger partial charge in [-0.15, -0.1) is 11.3 Å². The zero-order valence-corrected chi connectivity index (χ0v) is 13.7. The summed E-state index contributed by atoms with van der Waals surface area (Å²) in [5, 5.41) is 6.71. The zero-order chi connectivity index (χ0) is 14.7. The number of thiophene rings is 1. The van der Waals surface area contributed by atoms with Gasteiger partial charge in [-0.3, -0.25) is 4.79 Å². The second-order valence-corrected chi connectivity index (χ2v) is 7.64.